The van der Waals surface area contributed by atoms with Gasteiger partial charge in [0, 0.05) is 29.7 Å². The van der Waals surface area contributed by atoms with E-state index in [1.807, 2.05) is 6.07 Å². The fourth-order valence-corrected chi connectivity index (χ4v) is 2.50. The van der Waals surface area contributed by atoms with Crippen LogP contribution < -0.4 is 9.64 Å². The van der Waals surface area contributed by atoms with E-state index in [0.717, 1.165) is 25.3 Å². The predicted molar refractivity (Wildman–Crippen MR) is 77.8 cm³/mol. The normalized spacial score (nSPS) is 10.9. The van der Waals surface area contributed by atoms with Gasteiger partial charge in [-0.3, -0.25) is 0 Å². The molecule has 1 N–H and O–H groups in total. The maximum absolute atomic E-state index is 5.33. The summed E-state index contributed by atoms with van der Waals surface area (Å²) in [6.07, 6.45) is 1.02. The van der Waals surface area contributed by atoms with Crippen LogP contribution >= 0.6 is 0 Å². The Balaban J connectivity index is 2.65. The van der Waals surface area contributed by atoms with E-state index in [0.29, 0.717) is 0 Å². The highest BCUT2D eigenvalue weighted by Gasteiger charge is 2.15. The van der Waals surface area contributed by atoms with Gasteiger partial charge in [-0.05, 0) is 38.5 Å². The average molecular weight is 246 g/mol. The first-order valence-electron chi connectivity index (χ1n) is 6.68. The van der Waals surface area contributed by atoms with Crippen molar-refractivity contribution in [3.63, 3.8) is 0 Å². The minimum absolute atomic E-state index is 0.914. The summed E-state index contributed by atoms with van der Waals surface area (Å²) in [7, 11) is 1.71. The van der Waals surface area contributed by atoms with Crippen molar-refractivity contribution >= 4 is 16.6 Å². The number of nitrogens with one attached hydrogen (secondary N) is 1. The zero-order valence-corrected chi connectivity index (χ0v) is 11.7. The lowest BCUT2D eigenvalue weighted by molar-refractivity contribution is 0.415. The van der Waals surface area contributed by atoms with Crippen molar-refractivity contribution in [3.05, 3.63) is 23.9 Å². The number of fused-ring (bicyclic) bond motifs is 1. The SMILES string of the molecule is CCc1[nH]c2ccc(OC)cc2c1N(CC)CC. The molecule has 0 saturated carbocycles. The molecule has 0 amide bonds. The molecule has 18 heavy (non-hydrogen) atoms. The Morgan fingerprint density at radius 1 is 1.17 bits per heavy atom. The molecule has 1 aromatic heterocycles. The van der Waals surface area contributed by atoms with E-state index in [1.165, 1.54) is 22.3 Å². The van der Waals surface area contributed by atoms with E-state index in [9.17, 15) is 0 Å². The molecule has 1 aromatic carbocycles. The minimum Gasteiger partial charge on any atom is -0.497 e. The van der Waals surface area contributed by atoms with Gasteiger partial charge in [-0.15, -0.1) is 0 Å². The van der Waals surface area contributed by atoms with Crippen LogP contribution in [0, 0.1) is 0 Å². The highest BCUT2D eigenvalue weighted by Crippen LogP contribution is 2.33. The van der Waals surface area contributed by atoms with E-state index in [4.69, 9.17) is 4.74 Å². The molecule has 0 radical (unpaired) electrons. The van der Waals surface area contributed by atoms with Crippen molar-refractivity contribution < 1.29 is 4.74 Å². The van der Waals surface area contributed by atoms with Crippen molar-refractivity contribution in [3.8, 4) is 5.75 Å². The van der Waals surface area contributed by atoms with Gasteiger partial charge in [-0.1, -0.05) is 6.92 Å². The zero-order valence-electron chi connectivity index (χ0n) is 11.7. The second kappa shape index (κ2) is 5.34. The zero-order chi connectivity index (χ0) is 13.1. The highest BCUT2D eigenvalue weighted by molar-refractivity contribution is 5.96. The minimum atomic E-state index is 0.914. The topological polar surface area (TPSA) is 28.3 Å². The summed E-state index contributed by atoms with van der Waals surface area (Å²) in [6, 6.07) is 6.23. The number of anilines is 1. The van der Waals surface area contributed by atoms with Crippen LogP contribution in [0.25, 0.3) is 10.9 Å². The van der Waals surface area contributed by atoms with E-state index in [-0.39, 0.29) is 0 Å². The maximum atomic E-state index is 5.33. The molecule has 3 nitrogen and oxygen atoms in total. The third kappa shape index (κ3) is 2.05. The number of rotatable bonds is 5. The van der Waals surface area contributed by atoms with Crippen LogP contribution in [-0.4, -0.2) is 25.2 Å². The monoisotopic (exact) mass is 246 g/mol. The van der Waals surface area contributed by atoms with Crippen molar-refractivity contribution in [2.75, 3.05) is 25.1 Å². The second-order valence-electron chi connectivity index (χ2n) is 4.39. The largest absolute Gasteiger partial charge is 0.497 e. The summed E-state index contributed by atoms with van der Waals surface area (Å²) in [4.78, 5) is 5.92. The second-order valence-corrected chi connectivity index (χ2v) is 4.39. The van der Waals surface area contributed by atoms with Crippen LogP contribution in [0.4, 0.5) is 5.69 Å². The Morgan fingerprint density at radius 3 is 2.44 bits per heavy atom. The Kier molecular flexibility index (Phi) is 3.80. The number of nitrogens with zero attached hydrogens (tertiary/aromatic N) is 1. The van der Waals surface area contributed by atoms with Gasteiger partial charge in [0.15, 0.2) is 0 Å². The first kappa shape index (κ1) is 12.8. The molecule has 0 aliphatic carbocycles. The Morgan fingerprint density at radius 2 is 1.89 bits per heavy atom. The summed E-state index contributed by atoms with van der Waals surface area (Å²) < 4.78 is 5.33. The maximum Gasteiger partial charge on any atom is 0.119 e. The number of H-pyrrole nitrogens is 1. The fraction of sp³-hybridized carbons (Fsp3) is 0.467. The molecule has 2 aromatic rings. The van der Waals surface area contributed by atoms with E-state index in [1.54, 1.807) is 7.11 Å². The van der Waals surface area contributed by atoms with Gasteiger partial charge in [-0.2, -0.15) is 0 Å². The number of aromatic amines is 1. The smallest absolute Gasteiger partial charge is 0.119 e. The Bertz CT molecular complexity index is 527. The van der Waals surface area contributed by atoms with Crippen LogP contribution in [0.5, 0.6) is 5.75 Å². The number of methoxy groups -OCH3 is 1. The van der Waals surface area contributed by atoms with Crippen molar-refractivity contribution in [2.45, 2.75) is 27.2 Å². The van der Waals surface area contributed by atoms with Crippen LogP contribution in [0.1, 0.15) is 26.5 Å². The standard InChI is InChI=1S/C15H22N2O/c1-5-13-15(17(6-2)7-3)12-10-11(18-4)8-9-14(12)16-13/h8-10,16H,5-7H2,1-4H3. The van der Waals surface area contributed by atoms with Crippen LogP contribution in [0.2, 0.25) is 0 Å². The van der Waals surface area contributed by atoms with Crippen LogP contribution in [0.3, 0.4) is 0 Å². The molecule has 2 rings (SSSR count). The number of hydrogen-bond acceptors (Lipinski definition) is 2. The van der Waals surface area contributed by atoms with Gasteiger partial charge in [0.2, 0.25) is 0 Å². The lowest BCUT2D eigenvalue weighted by Gasteiger charge is -2.22. The molecule has 0 bridgehead atoms. The molecule has 3 heteroatoms. The highest BCUT2D eigenvalue weighted by atomic mass is 16.5. The van der Waals surface area contributed by atoms with Crippen LogP contribution in [0.15, 0.2) is 18.2 Å². The Labute approximate surface area is 109 Å². The lowest BCUT2D eigenvalue weighted by atomic mass is 10.1. The molecule has 0 fully saturated rings. The lowest BCUT2D eigenvalue weighted by Crippen LogP contribution is -2.22. The van der Waals surface area contributed by atoms with E-state index >= 15 is 0 Å². The summed E-state index contributed by atoms with van der Waals surface area (Å²) in [5, 5.41) is 1.26. The molecule has 0 aliphatic rings. The van der Waals surface area contributed by atoms with Gasteiger partial charge < -0.3 is 14.6 Å². The third-order valence-electron chi connectivity index (χ3n) is 3.49. The number of hydrogen-bond donors (Lipinski definition) is 1. The number of aryl methyl sites for hydroxylation is 1. The fourth-order valence-electron chi connectivity index (χ4n) is 2.50. The number of benzene rings is 1. The summed E-state index contributed by atoms with van der Waals surface area (Å²) in [6.45, 7) is 8.63. The van der Waals surface area contributed by atoms with Gasteiger partial charge >= 0.3 is 0 Å². The van der Waals surface area contributed by atoms with Gasteiger partial charge in [0.25, 0.3) is 0 Å². The summed E-state index contributed by atoms with van der Waals surface area (Å²) in [5.41, 5.74) is 3.83. The molecule has 0 unspecified atom stereocenters. The average Bonchev–Trinajstić information content (AvgIpc) is 2.78. The molecule has 0 spiro atoms. The molecule has 1 heterocycles. The molecular weight excluding hydrogens is 224 g/mol. The van der Waals surface area contributed by atoms with Crippen molar-refractivity contribution in [2.24, 2.45) is 0 Å². The van der Waals surface area contributed by atoms with Gasteiger partial charge in [-0.25, -0.2) is 0 Å². The summed E-state index contributed by atoms with van der Waals surface area (Å²) in [5.74, 6) is 0.914. The predicted octanol–water partition coefficient (Wildman–Crippen LogP) is 3.59. The van der Waals surface area contributed by atoms with Gasteiger partial charge in [0.05, 0.1) is 12.8 Å². The molecule has 0 atom stereocenters. The molecular formula is C15H22N2O. The molecule has 0 aliphatic heterocycles. The van der Waals surface area contributed by atoms with E-state index < -0.39 is 0 Å². The third-order valence-corrected chi connectivity index (χ3v) is 3.49. The van der Waals surface area contributed by atoms with E-state index in [2.05, 4.69) is 42.8 Å². The van der Waals surface area contributed by atoms with Gasteiger partial charge in [0.1, 0.15) is 5.75 Å². The Hall–Kier alpha value is -1.64. The van der Waals surface area contributed by atoms with Crippen molar-refractivity contribution in [1.29, 1.82) is 0 Å². The number of aromatic nitrogens is 1. The molecule has 98 valence electrons. The first-order chi connectivity index (χ1) is 8.74. The number of ether oxygens (including phenoxy) is 1. The van der Waals surface area contributed by atoms with Crippen molar-refractivity contribution in [1.82, 2.24) is 4.98 Å². The summed E-state index contributed by atoms with van der Waals surface area (Å²) >= 11 is 0. The first-order valence-corrected chi connectivity index (χ1v) is 6.68. The quantitative estimate of drug-likeness (QED) is 0.873. The molecule has 0 saturated heterocycles. The van der Waals surface area contributed by atoms with Crippen LogP contribution in [-0.2, 0) is 6.42 Å².